The Balaban J connectivity index is 1.59. The number of carboxylic acid groups (broad SMARTS) is 1. The number of thiazole rings is 1. The smallest absolute Gasteiger partial charge is 0.434 e. The highest BCUT2D eigenvalue weighted by atomic mass is 32.1. The molecule has 3 N–H and O–H groups in total. The van der Waals surface area contributed by atoms with E-state index in [4.69, 9.17) is 0 Å². The summed E-state index contributed by atoms with van der Waals surface area (Å²) in [5.74, 6) is -1.43. The predicted molar refractivity (Wildman–Crippen MR) is 125 cm³/mol. The summed E-state index contributed by atoms with van der Waals surface area (Å²) >= 11 is 1.32. The Hall–Kier alpha value is -3.05. The highest BCUT2D eigenvalue weighted by Gasteiger charge is 2.49. The van der Waals surface area contributed by atoms with Crippen LogP contribution in [0.2, 0.25) is 0 Å². The van der Waals surface area contributed by atoms with Crippen LogP contribution < -0.4 is 5.32 Å². The fourth-order valence-corrected chi connectivity index (χ4v) is 5.73. The first-order valence-corrected chi connectivity index (χ1v) is 11.8. The van der Waals surface area contributed by atoms with Crippen LogP contribution >= 0.6 is 11.3 Å². The van der Waals surface area contributed by atoms with Gasteiger partial charge in [-0.05, 0) is 54.9 Å². The molecule has 0 radical (unpaired) electrons. The summed E-state index contributed by atoms with van der Waals surface area (Å²) in [4.78, 5) is 24.1. The third kappa shape index (κ3) is 5.30. The Labute approximate surface area is 204 Å². The molecule has 0 unspecified atom stereocenters. The third-order valence-electron chi connectivity index (χ3n) is 6.30. The van der Waals surface area contributed by atoms with E-state index in [1.807, 2.05) is 26.8 Å². The van der Waals surface area contributed by atoms with Crippen molar-refractivity contribution in [2.75, 3.05) is 5.32 Å². The maximum Gasteiger partial charge on any atom is 0.434 e. The van der Waals surface area contributed by atoms with E-state index in [0.29, 0.717) is 29.7 Å². The molecule has 1 aromatic carbocycles. The van der Waals surface area contributed by atoms with Crippen molar-refractivity contribution in [3.05, 3.63) is 53.1 Å². The number of hydrogen-bond donors (Lipinski definition) is 3. The Morgan fingerprint density at radius 3 is 2.60 bits per heavy atom. The van der Waals surface area contributed by atoms with Crippen molar-refractivity contribution in [2.24, 2.45) is 11.3 Å². The SMILES string of the molecule is Cc1cc(Nc2cncc(C(F)(F)F)n2)cc(-c2cnc([C@@]3(O)CC[C@H](C(=O)O)C(C)(C)C3)s2)c1. The van der Waals surface area contributed by atoms with Crippen molar-refractivity contribution >= 4 is 28.8 Å². The molecule has 0 saturated heterocycles. The van der Waals surface area contributed by atoms with Crippen LogP contribution in [0.4, 0.5) is 24.7 Å². The van der Waals surface area contributed by atoms with Crippen LogP contribution in [0.3, 0.4) is 0 Å². The van der Waals surface area contributed by atoms with Gasteiger partial charge in [0.1, 0.15) is 16.4 Å². The fourth-order valence-electron chi connectivity index (χ4n) is 4.71. The van der Waals surface area contributed by atoms with E-state index >= 15 is 0 Å². The largest absolute Gasteiger partial charge is 0.481 e. The lowest BCUT2D eigenvalue weighted by Gasteiger charge is -2.44. The van der Waals surface area contributed by atoms with Crippen molar-refractivity contribution in [3.8, 4) is 10.4 Å². The lowest BCUT2D eigenvalue weighted by Crippen LogP contribution is -2.44. The molecule has 0 amide bonds. The molecule has 4 rings (SSSR count). The van der Waals surface area contributed by atoms with E-state index in [1.54, 1.807) is 18.3 Å². The number of benzene rings is 1. The lowest BCUT2D eigenvalue weighted by atomic mass is 9.63. The zero-order valence-corrected chi connectivity index (χ0v) is 20.2. The summed E-state index contributed by atoms with van der Waals surface area (Å²) in [6.07, 6.45) is -0.135. The number of aryl methyl sites for hydroxylation is 1. The van der Waals surface area contributed by atoms with Crippen LogP contribution in [-0.2, 0) is 16.6 Å². The molecule has 186 valence electrons. The van der Waals surface area contributed by atoms with Gasteiger partial charge >= 0.3 is 12.1 Å². The number of rotatable bonds is 5. The molecule has 1 fully saturated rings. The highest BCUT2D eigenvalue weighted by molar-refractivity contribution is 7.15. The van der Waals surface area contributed by atoms with E-state index in [-0.39, 0.29) is 12.2 Å². The minimum atomic E-state index is -4.60. The second kappa shape index (κ2) is 8.87. The summed E-state index contributed by atoms with van der Waals surface area (Å²) < 4.78 is 38.9. The van der Waals surface area contributed by atoms with Gasteiger partial charge in [-0.2, -0.15) is 13.2 Å². The zero-order valence-electron chi connectivity index (χ0n) is 19.3. The van der Waals surface area contributed by atoms with Gasteiger partial charge in [-0.3, -0.25) is 9.78 Å². The molecule has 2 heterocycles. The van der Waals surface area contributed by atoms with E-state index in [0.717, 1.165) is 16.0 Å². The van der Waals surface area contributed by atoms with Crippen LogP contribution in [0.5, 0.6) is 0 Å². The van der Waals surface area contributed by atoms with Crippen LogP contribution in [0.1, 0.15) is 49.4 Å². The van der Waals surface area contributed by atoms with Gasteiger partial charge < -0.3 is 15.5 Å². The third-order valence-corrected chi connectivity index (χ3v) is 7.54. The normalized spacial score (nSPS) is 22.1. The van der Waals surface area contributed by atoms with Gasteiger partial charge in [-0.25, -0.2) is 9.97 Å². The molecule has 0 bridgehead atoms. The molecule has 2 aromatic heterocycles. The van der Waals surface area contributed by atoms with E-state index in [2.05, 4.69) is 20.3 Å². The van der Waals surface area contributed by atoms with Crippen molar-refractivity contribution in [1.82, 2.24) is 15.0 Å². The number of aliphatic carboxylic acids is 1. The molecule has 1 aliphatic carbocycles. The molecule has 0 aliphatic heterocycles. The first kappa shape index (κ1) is 25.1. The van der Waals surface area contributed by atoms with Crippen LogP contribution in [0, 0.1) is 18.3 Å². The number of carbonyl (C=O) groups is 1. The topological polar surface area (TPSA) is 108 Å². The number of hydrogen-bond acceptors (Lipinski definition) is 7. The number of nitrogens with zero attached hydrogens (tertiary/aromatic N) is 3. The van der Waals surface area contributed by atoms with Crippen LogP contribution in [0.15, 0.2) is 36.8 Å². The summed E-state index contributed by atoms with van der Waals surface area (Å²) in [5.41, 5.74) is -0.741. The average Bonchev–Trinajstić information content (AvgIpc) is 3.23. The van der Waals surface area contributed by atoms with Gasteiger partial charge in [0.15, 0.2) is 5.69 Å². The average molecular weight is 507 g/mol. The molecule has 35 heavy (non-hydrogen) atoms. The van der Waals surface area contributed by atoms with Crippen LogP contribution in [0.25, 0.3) is 10.4 Å². The van der Waals surface area contributed by atoms with Crippen molar-refractivity contribution in [1.29, 1.82) is 0 Å². The van der Waals surface area contributed by atoms with Crippen molar-refractivity contribution in [3.63, 3.8) is 0 Å². The second-order valence-corrected chi connectivity index (χ2v) is 10.7. The summed E-state index contributed by atoms with van der Waals surface area (Å²) in [6, 6.07) is 5.45. The Bertz CT molecular complexity index is 1260. The maximum atomic E-state index is 13.0. The molecule has 1 saturated carbocycles. The summed E-state index contributed by atoms with van der Waals surface area (Å²) in [6.45, 7) is 5.55. The van der Waals surface area contributed by atoms with E-state index < -0.39 is 34.8 Å². The molecule has 3 aromatic rings. The predicted octanol–water partition coefficient (Wildman–Crippen LogP) is 5.77. The molecule has 0 spiro atoms. The van der Waals surface area contributed by atoms with E-state index in [1.165, 1.54) is 17.5 Å². The molecular formula is C24H25F3N4O3S. The number of alkyl halides is 3. The van der Waals surface area contributed by atoms with Gasteiger partial charge in [-0.1, -0.05) is 19.9 Å². The summed E-state index contributed by atoms with van der Waals surface area (Å²) in [5, 5.41) is 24.3. The molecule has 7 nitrogen and oxygen atoms in total. The second-order valence-electron chi connectivity index (χ2n) is 9.66. The number of aromatic nitrogens is 3. The Morgan fingerprint density at radius 2 is 1.94 bits per heavy atom. The van der Waals surface area contributed by atoms with Crippen LogP contribution in [-0.4, -0.2) is 31.1 Å². The number of nitrogens with one attached hydrogen (secondary N) is 1. The first-order valence-electron chi connectivity index (χ1n) is 11.0. The number of carboxylic acids is 1. The summed E-state index contributed by atoms with van der Waals surface area (Å²) in [7, 11) is 0. The van der Waals surface area contributed by atoms with Gasteiger partial charge in [-0.15, -0.1) is 11.3 Å². The molecular weight excluding hydrogens is 481 g/mol. The van der Waals surface area contributed by atoms with Gasteiger partial charge in [0.2, 0.25) is 0 Å². The van der Waals surface area contributed by atoms with Gasteiger partial charge in [0.05, 0.1) is 23.2 Å². The monoisotopic (exact) mass is 506 g/mol. The Morgan fingerprint density at radius 1 is 1.20 bits per heavy atom. The van der Waals surface area contributed by atoms with Gasteiger partial charge in [0.25, 0.3) is 0 Å². The standard InChI is InChI=1S/C24H25F3N4O3S/c1-13-6-14(8-15(7-13)30-19-11-28-10-18(31-19)24(25,26)27)17-9-29-21(35-17)23(34)5-4-16(20(32)33)22(2,3)12-23/h6-11,16,34H,4-5,12H2,1-3H3,(H,30,31)(H,32,33)/t16-,23-/m1/s1. The highest BCUT2D eigenvalue weighted by Crippen LogP contribution is 2.51. The first-order chi connectivity index (χ1) is 16.3. The lowest BCUT2D eigenvalue weighted by molar-refractivity contribution is -0.154. The van der Waals surface area contributed by atoms with Crippen molar-refractivity contribution in [2.45, 2.75) is 51.8 Å². The quantitative estimate of drug-likeness (QED) is 0.403. The minimum absolute atomic E-state index is 0.0342. The fraction of sp³-hybridized carbons (Fsp3) is 0.417. The minimum Gasteiger partial charge on any atom is -0.481 e. The van der Waals surface area contributed by atoms with Gasteiger partial charge in [0, 0.05) is 11.9 Å². The Kier molecular flexibility index (Phi) is 6.35. The molecule has 1 aliphatic rings. The molecule has 11 heteroatoms. The zero-order chi connectivity index (χ0) is 25.6. The van der Waals surface area contributed by atoms with E-state index in [9.17, 15) is 28.2 Å². The molecule has 2 atom stereocenters. The maximum absolute atomic E-state index is 13.0. The number of anilines is 2. The number of halogens is 3. The van der Waals surface area contributed by atoms with Crippen molar-refractivity contribution < 1.29 is 28.2 Å². The number of aliphatic hydroxyl groups is 1.